The standard InChI is InChI=1S/C11H12F3NOS/c12-11(13,14)9-3-1-2-8(6-9)10-7-17(16)5-4-15-10/h1-3,6,10,15H,4-5,7H2. The van der Waals surface area contributed by atoms with E-state index in [1.165, 1.54) is 6.07 Å². The summed E-state index contributed by atoms with van der Waals surface area (Å²) < 4.78 is 49.0. The van der Waals surface area contributed by atoms with Crippen LogP contribution in [0.25, 0.3) is 0 Å². The summed E-state index contributed by atoms with van der Waals surface area (Å²) in [4.78, 5) is 0. The monoisotopic (exact) mass is 263 g/mol. The summed E-state index contributed by atoms with van der Waals surface area (Å²) >= 11 is 0. The van der Waals surface area contributed by atoms with Crippen molar-refractivity contribution in [2.75, 3.05) is 18.1 Å². The Bertz CT molecular complexity index is 433. The second kappa shape index (κ2) is 4.78. The maximum atomic E-state index is 12.5. The lowest BCUT2D eigenvalue weighted by Gasteiger charge is -2.24. The highest BCUT2D eigenvalue weighted by molar-refractivity contribution is 7.85. The van der Waals surface area contributed by atoms with Crippen LogP contribution in [0, 0.1) is 0 Å². The molecular formula is C11H12F3NOS. The Morgan fingerprint density at radius 1 is 1.35 bits per heavy atom. The van der Waals surface area contributed by atoms with E-state index in [0.29, 0.717) is 23.6 Å². The fourth-order valence-corrected chi connectivity index (χ4v) is 3.02. The Morgan fingerprint density at radius 2 is 2.12 bits per heavy atom. The molecule has 1 saturated heterocycles. The fraction of sp³-hybridized carbons (Fsp3) is 0.455. The highest BCUT2D eigenvalue weighted by Gasteiger charge is 2.31. The second-order valence-electron chi connectivity index (χ2n) is 3.94. The molecule has 0 bridgehead atoms. The molecule has 6 heteroatoms. The van der Waals surface area contributed by atoms with Gasteiger partial charge in [-0.2, -0.15) is 13.2 Å². The van der Waals surface area contributed by atoms with Crippen molar-refractivity contribution in [1.82, 2.24) is 5.32 Å². The third-order valence-corrected chi connectivity index (χ3v) is 4.05. The molecule has 94 valence electrons. The maximum absolute atomic E-state index is 12.5. The minimum atomic E-state index is -4.33. The molecule has 1 fully saturated rings. The van der Waals surface area contributed by atoms with Crippen molar-refractivity contribution in [2.24, 2.45) is 0 Å². The fourth-order valence-electron chi connectivity index (χ4n) is 1.82. The van der Waals surface area contributed by atoms with Gasteiger partial charge in [-0.1, -0.05) is 12.1 Å². The summed E-state index contributed by atoms with van der Waals surface area (Å²) in [5.74, 6) is 0.941. The van der Waals surface area contributed by atoms with Gasteiger partial charge in [-0.25, -0.2) is 0 Å². The molecule has 1 aliphatic rings. The van der Waals surface area contributed by atoms with Crippen LogP contribution in [0.3, 0.4) is 0 Å². The zero-order valence-corrected chi connectivity index (χ0v) is 9.77. The van der Waals surface area contributed by atoms with E-state index in [0.717, 1.165) is 12.1 Å². The first kappa shape index (κ1) is 12.6. The van der Waals surface area contributed by atoms with Crippen molar-refractivity contribution in [3.63, 3.8) is 0 Å². The molecule has 0 aliphatic carbocycles. The van der Waals surface area contributed by atoms with Crippen LogP contribution in [0.15, 0.2) is 24.3 Å². The van der Waals surface area contributed by atoms with E-state index >= 15 is 0 Å². The second-order valence-corrected chi connectivity index (χ2v) is 5.56. The zero-order valence-electron chi connectivity index (χ0n) is 8.96. The number of halogens is 3. The number of alkyl halides is 3. The predicted octanol–water partition coefficient (Wildman–Crippen LogP) is 2.10. The Labute approximate surface area is 99.7 Å². The van der Waals surface area contributed by atoms with Gasteiger partial charge in [0.2, 0.25) is 0 Å². The summed E-state index contributed by atoms with van der Waals surface area (Å²) in [6.07, 6.45) is -4.33. The number of nitrogens with one attached hydrogen (secondary N) is 1. The van der Waals surface area contributed by atoms with Crippen LogP contribution in [0.5, 0.6) is 0 Å². The van der Waals surface area contributed by atoms with E-state index in [-0.39, 0.29) is 6.04 Å². The SMILES string of the molecule is O=S1CCNC(c2cccc(C(F)(F)F)c2)C1. The lowest BCUT2D eigenvalue weighted by atomic mass is 10.0. The summed E-state index contributed by atoms with van der Waals surface area (Å²) in [6.45, 7) is 0.577. The third kappa shape index (κ3) is 3.07. The first-order valence-corrected chi connectivity index (χ1v) is 6.71. The van der Waals surface area contributed by atoms with Gasteiger partial charge >= 0.3 is 6.18 Å². The van der Waals surface area contributed by atoms with Crippen molar-refractivity contribution in [2.45, 2.75) is 12.2 Å². The topological polar surface area (TPSA) is 29.1 Å². The normalized spacial score (nSPS) is 25.8. The Morgan fingerprint density at radius 3 is 2.76 bits per heavy atom. The summed E-state index contributed by atoms with van der Waals surface area (Å²) in [6, 6.07) is 4.95. The lowest BCUT2D eigenvalue weighted by molar-refractivity contribution is -0.137. The van der Waals surface area contributed by atoms with Gasteiger partial charge in [0, 0.05) is 34.9 Å². The largest absolute Gasteiger partial charge is 0.416 e. The van der Waals surface area contributed by atoms with E-state index < -0.39 is 22.5 Å². The highest BCUT2D eigenvalue weighted by atomic mass is 32.2. The molecule has 2 atom stereocenters. The summed E-state index contributed by atoms with van der Waals surface area (Å²) in [7, 11) is -0.942. The average molecular weight is 263 g/mol. The van der Waals surface area contributed by atoms with E-state index in [4.69, 9.17) is 0 Å². The first-order valence-electron chi connectivity index (χ1n) is 5.22. The van der Waals surface area contributed by atoms with Crippen LogP contribution in [0.1, 0.15) is 17.2 Å². The molecule has 2 nitrogen and oxygen atoms in total. The van der Waals surface area contributed by atoms with E-state index in [1.54, 1.807) is 6.07 Å². The third-order valence-electron chi connectivity index (χ3n) is 2.69. The van der Waals surface area contributed by atoms with Gasteiger partial charge in [0.25, 0.3) is 0 Å². The van der Waals surface area contributed by atoms with Crippen LogP contribution < -0.4 is 5.32 Å². The molecule has 2 rings (SSSR count). The number of hydrogen-bond acceptors (Lipinski definition) is 2. The smallest absolute Gasteiger partial charge is 0.308 e. The minimum absolute atomic E-state index is 0.244. The molecule has 1 aromatic carbocycles. The van der Waals surface area contributed by atoms with Crippen LogP contribution in [0.4, 0.5) is 13.2 Å². The van der Waals surface area contributed by atoms with Gasteiger partial charge in [-0.05, 0) is 17.7 Å². The van der Waals surface area contributed by atoms with Gasteiger partial charge in [0.1, 0.15) is 0 Å². The average Bonchev–Trinajstić information content (AvgIpc) is 2.28. The van der Waals surface area contributed by atoms with Crippen LogP contribution in [-0.4, -0.2) is 22.3 Å². The van der Waals surface area contributed by atoms with Crippen molar-refractivity contribution >= 4 is 10.8 Å². The predicted molar refractivity (Wildman–Crippen MR) is 60.1 cm³/mol. The first-order chi connectivity index (χ1) is 7.97. The van der Waals surface area contributed by atoms with Crippen LogP contribution >= 0.6 is 0 Å². The molecule has 0 saturated carbocycles. The van der Waals surface area contributed by atoms with Gasteiger partial charge in [-0.15, -0.1) is 0 Å². The molecule has 17 heavy (non-hydrogen) atoms. The van der Waals surface area contributed by atoms with Crippen molar-refractivity contribution in [3.05, 3.63) is 35.4 Å². The molecule has 1 heterocycles. The van der Waals surface area contributed by atoms with Gasteiger partial charge in [0.05, 0.1) is 5.56 Å². The minimum Gasteiger partial charge on any atom is -0.308 e. The van der Waals surface area contributed by atoms with Gasteiger partial charge < -0.3 is 5.32 Å². The van der Waals surface area contributed by atoms with E-state index in [9.17, 15) is 17.4 Å². The van der Waals surface area contributed by atoms with Crippen molar-refractivity contribution < 1.29 is 17.4 Å². The van der Waals surface area contributed by atoms with E-state index in [1.807, 2.05) is 0 Å². The molecule has 0 radical (unpaired) electrons. The number of rotatable bonds is 1. The van der Waals surface area contributed by atoms with Crippen LogP contribution in [0.2, 0.25) is 0 Å². The molecule has 0 amide bonds. The number of benzene rings is 1. The quantitative estimate of drug-likeness (QED) is 0.840. The molecule has 1 N–H and O–H groups in total. The van der Waals surface area contributed by atoms with Gasteiger partial charge in [-0.3, -0.25) is 4.21 Å². The molecule has 2 unspecified atom stereocenters. The summed E-state index contributed by atoms with van der Waals surface area (Å²) in [5, 5.41) is 3.08. The summed E-state index contributed by atoms with van der Waals surface area (Å²) in [5.41, 5.74) is -0.110. The maximum Gasteiger partial charge on any atom is 0.416 e. The molecular weight excluding hydrogens is 251 g/mol. The lowest BCUT2D eigenvalue weighted by Crippen LogP contribution is -2.36. The molecule has 0 spiro atoms. The molecule has 1 aliphatic heterocycles. The van der Waals surface area contributed by atoms with E-state index in [2.05, 4.69) is 5.32 Å². The molecule has 0 aromatic heterocycles. The van der Waals surface area contributed by atoms with Crippen LogP contribution in [-0.2, 0) is 17.0 Å². The Kier molecular flexibility index (Phi) is 3.53. The van der Waals surface area contributed by atoms with Gasteiger partial charge in [0.15, 0.2) is 0 Å². The molecule has 1 aromatic rings. The van der Waals surface area contributed by atoms with Crippen molar-refractivity contribution in [3.8, 4) is 0 Å². The Hall–Kier alpha value is -0.880. The Balaban J connectivity index is 2.24. The zero-order chi connectivity index (χ0) is 12.5. The number of hydrogen-bond donors (Lipinski definition) is 1. The van der Waals surface area contributed by atoms with Crippen molar-refractivity contribution in [1.29, 1.82) is 0 Å². The highest BCUT2D eigenvalue weighted by Crippen LogP contribution is 2.31.